The highest BCUT2D eigenvalue weighted by Crippen LogP contribution is 2.23. The van der Waals surface area contributed by atoms with E-state index in [1.165, 1.54) is 0 Å². The summed E-state index contributed by atoms with van der Waals surface area (Å²) < 4.78 is 5.16. The highest BCUT2D eigenvalue weighted by Gasteiger charge is 2.02. The third-order valence-corrected chi connectivity index (χ3v) is 3.21. The summed E-state index contributed by atoms with van der Waals surface area (Å²) in [5.74, 6) is 0.816. The number of nitrogens with two attached hydrogens (primary N) is 1. The molecule has 2 aromatic rings. The molecule has 0 saturated carbocycles. The van der Waals surface area contributed by atoms with Crippen molar-refractivity contribution in [3.8, 4) is 16.9 Å². The molecule has 3 N–H and O–H groups in total. The molecule has 0 radical (unpaired) electrons. The van der Waals surface area contributed by atoms with Crippen LogP contribution in [-0.4, -0.2) is 19.6 Å². The van der Waals surface area contributed by atoms with E-state index in [9.17, 15) is 4.79 Å². The molecule has 0 aliphatic heterocycles. The summed E-state index contributed by atoms with van der Waals surface area (Å²) in [6.07, 6.45) is 0.359. The Bertz CT molecular complexity index is 594. The molecule has 0 aliphatic rings. The fourth-order valence-corrected chi connectivity index (χ4v) is 2.06. The van der Waals surface area contributed by atoms with Crippen molar-refractivity contribution in [3.63, 3.8) is 0 Å². The van der Waals surface area contributed by atoms with Crippen LogP contribution in [-0.2, 0) is 11.3 Å². The number of hydrogen-bond donors (Lipinski definition) is 2. The van der Waals surface area contributed by atoms with Crippen LogP contribution in [0.4, 0.5) is 0 Å². The lowest BCUT2D eigenvalue weighted by Crippen LogP contribution is -2.24. The average molecular weight is 284 g/mol. The Balaban J connectivity index is 2.07. The summed E-state index contributed by atoms with van der Waals surface area (Å²) in [5, 5.41) is 2.86. The van der Waals surface area contributed by atoms with E-state index in [-0.39, 0.29) is 5.91 Å². The Morgan fingerprint density at radius 1 is 1.14 bits per heavy atom. The maximum Gasteiger partial charge on any atom is 0.221 e. The Labute approximate surface area is 124 Å². The number of rotatable bonds is 6. The molecule has 0 saturated heterocycles. The Morgan fingerprint density at radius 2 is 1.90 bits per heavy atom. The fraction of sp³-hybridized carbons (Fsp3) is 0.235. The first kappa shape index (κ1) is 15.1. The molecule has 0 heterocycles. The number of hydrogen-bond acceptors (Lipinski definition) is 3. The van der Waals surface area contributed by atoms with Crippen LogP contribution in [0.25, 0.3) is 11.1 Å². The number of carbonyl (C=O) groups is 1. The molecule has 110 valence electrons. The lowest BCUT2D eigenvalue weighted by molar-refractivity contribution is -0.121. The van der Waals surface area contributed by atoms with E-state index in [0.29, 0.717) is 19.5 Å². The maximum atomic E-state index is 11.4. The van der Waals surface area contributed by atoms with Crippen LogP contribution >= 0.6 is 0 Å². The van der Waals surface area contributed by atoms with Gasteiger partial charge in [0.25, 0.3) is 0 Å². The molecule has 2 aromatic carbocycles. The summed E-state index contributed by atoms with van der Waals surface area (Å²) in [4.78, 5) is 11.4. The third-order valence-electron chi connectivity index (χ3n) is 3.21. The van der Waals surface area contributed by atoms with Gasteiger partial charge < -0.3 is 15.8 Å². The highest BCUT2D eigenvalue weighted by atomic mass is 16.5. The van der Waals surface area contributed by atoms with E-state index in [1.807, 2.05) is 42.5 Å². The zero-order valence-corrected chi connectivity index (χ0v) is 12.1. The Kier molecular flexibility index (Phi) is 5.35. The van der Waals surface area contributed by atoms with Crippen LogP contribution in [0.1, 0.15) is 12.0 Å². The van der Waals surface area contributed by atoms with E-state index in [2.05, 4.69) is 11.4 Å². The van der Waals surface area contributed by atoms with Crippen LogP contribution in [0.15, 0.2) is 48.5 Å². The molecule has 2 rings (SSSR count). The molecule has 4 heteroatoms. The first-order valence-electron chi connectivity index (χ1n) is 6.93. The van der Waals surface area contributed by atoms with E-state index < -0.39 is 0 Å². The Morgan fingerprint density at radius 3 is 2.57 bits per heavy atom. The van der Waals surface area contributed by atoms with Gasteiger partial charge >= 0.3 is 0 Å². The average Bonchev–Trinajstić information content (AvgIpc) is 2.54. The monoisotopic (exact) mass is 284 g/mol. The van der Waals surface area contributed by atoms with E-state index >= 15 is 0 Å². The molecule has 0 atom stereocenters. The molecule has 0 bridgehead atoms. The quantitative estimate of drug-likeness (QED) is 0.855. The van der Waals surface area contributed by atoms with Gasteiger partial charge in [-0.15, -0.1) is 0 Å². The summed E-state index contributed by atoms with van der Waals surface area (Å²) in [6.45, 7) is 0.889. The van der Waals surface area contributed by atoms with Gasteiger partial charge in [-0.05, 0) is 34.9 Å². The summed E-state index contributed by atoms with van der Waals surface area (Å²) in [6, 6.07) is 16.0. The number of carbonyl (C=O) groups excluding carboxylic acids is 1. The number of nitrogens with one attached hydrogen (secondary N) is 1. The predicted octanol–water partition coefficient (Wildman–Crippen LogP) is 2.33. The fourth-order valence-electron chi connectivity index (χ4n) is 2.06. The second-order valence-corrected chi connectivity index (χ2v) is 4.74. The Hall–Kier alpha value is -2.33. The lowest BCUT2D eigenvalue weighted by Gasteiger charge is -2.08. The topological polar surface area (TPSA) is 64.3 Å². The zero-order chi connectivity index (χ0) is 15.1. The smallest absolute Gasteiger partial charge is 0.221 e. The van der Waals surface area contributed by atoms with Gasteiger partial charge in [-0.2, -0.15) is 0 Å². The predicted molar refractivity (Wildman–Crippen MR) is 83.9 cm³/mol. The second kappa shape index (κ2) is 7.45. The van der Waals surface area contributed by atoms with Crippen LogP contribution in [0.2, 0.25) is 0 Å². The number of benzene rings is 2. The molecule has 4 nitrogen and oxygen atoms in total. The van der Waals surface area contributed by atoms with Crippen molar-refractivity contribution < 1.29 is 9.53 Å². The molecule has 21 heavy (non-hydrogen) atoms. The van der Waals surface area contributed by atoms with Crippen molar-refractivity contribution in [1.82, 2.24) is 5.32 Å². The van der Waals surface area contributed by atoms with E-state index in [4.69, 9.17) is 10.5 Å². The van der Waals surface area contributed by atoms with Gasteiger partial charge in [-0.1, -0.05) is 30.3 Å². The van der Waals surface area contributed by atoms with Gasteiger partial charge in [0.05, 0.1) is 7.11 Å². The van der Waals surface area contributed by atoms with Gasteiger partial charge in [0, 0.05) is 19.5 Å². The minimum atomic E-state index is -0.0210. The summed E-state index contributed by atoms with van der Waals surface area (Å²) in [5.41, 5.74) is 8.65. The molecular formula is C17H20N2O2. The van der Waals surface area contributed by atoms with Crippen LogP contribution in [0, 0.1) is 0 Å². The van der Waals surface area contributed by atoms with Crippen molar-refractivity contribution in [1.29, 1.82) is 0 Å². The zero-order valence-electron chi connectivity index (χ0n) is 12.1. The molecule has 0 spiro atoms. The molecule has 0 fully saturated rings. The largest absolute Gasteiger partial charge is 0.497 e. The summed E-state index contributed by atoms with van der Waals surface area (Å²) >= 11 is 0. The first-order valence-corrected chi connectivity index (χ1v) is 6.93. The maximum absolute atomic E-state index is 11.4. The lowest BCUT2D eigenvalue weighted by atomic mass is 10.0. The second-order valence-electron chi connectivity index (χ2n) is 4.74. The van der Waals surface area contributed by atoms with Crippen molar-refractivity contribution in [3.05, 3.63) is 54.1 Å². The van der Waals surface area contributed by atoms with E-state index in [0.717, 1.165) is 22.4 Å². The molecule has 0 unspecified atom stereocenters. The first-order chi connectivity index (χ1) is 10.2. The van der Waals surface area contributed by atoms with Crippen molar-refractivity contribution in [2.75, 3.05) is 13.7 Å². The SMILES string of the molecule is COc1ccc(-c2cccc(CNC(=O)CCN)c2)cc1. The molecule has 0 aliphatic carbocycles. The van der Waals surface area contributed by atoms with Gasteiger partial charge in [0.15, 0.2) is 0 Å². The molecular weight excluding hydrogens is 264 g/mol. The normalized spacial score (nSPS) is 10.2. The van der Waals surface area contributed by atoms with Crippen molar-refractivity contribution in [2.45, 2.75) is 13.0 Å². The van der Waals surface area contributed by atoms with Crippen molar-refractivity contribution in [2.24, 2.45) is 5.73 Å². The molecule has 1 amide bonds. The van der Waals surface area contributed by atoms with Crippen LogP contribution in [0.3, 0.4) is 0 Å². The van der Waals surface area contributed by atoms with Gasteiger partial charge in [0.1, 0.15) is 5.75 Å². The van der Waals surface area contributed by atoms with Gasteiger partial charge in [-0.25, -0.2) is 0 Å². The minimum absolute atomic E-state index is 0.0210. The van der Waals surface area contributed by atoms with E-state index in [1.54, 1.807) is 7.11 Å². The molecule has 0 aromatic heterocycles. The number of methoxy groups -OCH3 is 1. The van der Waals surface area contributed by atoms with Crippen LogP contribution in [0.5, 0.6) is 5.75 Å². The van der Waals surface area contributed by atoms with Crippen LogP contribution < -0.4 is 15.8 Å². The van der Waals surface area contributed by atoms with Gasteiger partial charge in [-0.3, -0.25) is 4.79 Å². The summed E-state index contributed by atoms with van der Waals surface area (Å²) in [7, 11) is 1.65. The van der Waals surface area contributed by atoms with Gasteiger partial charge in [0.2, 0.25) is 5.91 Å². The minimum Gasteiger partial charge on any atom is -0.497 e. The standard InChI is InChI=1S/C17H20N2O2/c1-21-16-7-5-14(6-8-16)15-4-2-3-13(11-15)12-19-17(20)9-10-18/h2-8,11H,9-10,12,18H2,1H3,(H,19,20). The third kappa shape index (κ3) is 4.33. The highest BCUT2D eigenvalue weighted by molar-refractivity contribution is 5.76. The number of ether oxygens (including phenoxy) is 1. The van der Waals surface area contributed by atoms with Crippen molar-refractivity contribution >= 4 is 5.91 Å². The number of amides is 1.